The topological polar surface area (TPSA) is 141 Å². The van der Waals surface area contributed by atoms with Crippen molar-refractivity contribution in [1.82, 2.24) is 14.9 Å². The van der Waals surface area contributed by atoms with E-state index >= 15 is 0 Å². The van der Waals surface area contributed by atoms with Crippen LogP contribution in [0.3, 0.4) is 0 Å². The van der Waals surface area contributed by atoms with Gasteiger partial charge in [-0.1, -0.05) is 0 Å². The predicted molar refractivity (Wildman–Crippen MR) is 135 cm³/mol. The van der Waals surface area contributed by atoms with Crippen LogP contribution in [-0.4, -0.2) is 65.4 Å². The van der Waals surface area contributed by atoms with Crippen molar-refractivity contribution in [3.05, 3.63) is 40.7 Å². The first-order valence-corrected chi connectivity index (χ1v) is 12.6. The summed E-state index contributed by atoms with van der Waals surface area (Å²) in [6.45, 7) is 1.26. The van der Waals surface area contributed by atoms with Crippen LogP contribution in [0, 0.1) is 11.3 Å². The molecule has 2 aromatic heterocycles. The Morgan fingerprint density at radius 1 is 1.27 bits per heavy atom. The van der Waals surface area contributed by atoms with Crippen LogP contribution in [-0.2, 0) is 22.5 Å². The van der Waals surface area contributed by atoms with Gasteiger partial charge in [0, 0.05) is 57.0 Å². The fourth-order valence-corrected chi connectivity index (χ4v) is 4.96. The molecule has 1 saturated carbocycles. The number of rotatable bonds is 7. The molecule has 1 atom stereocenters. The van der Waals surface area contributed by atoms with E-state index in [0.29, 0.717) is 66.7 Å². The van der Waals surface area contributed by atoms with E-state index in [9.17, 15) is 19.6 Å². The number of hydrogen-bond donors (Lipinski definition) is 2. The third-order valence-electron chi connectivity index (χ3n) is 7.25. The highest BCUT2D eigenvalue weighted by Gasteiger charge is 2.33. The summed E-state index contributed by atoms with van der Waals surface area (Å²) in [4.78, 5) is 49.6. The number of nitriles is 1. The van der Waals surface area contributed by atoms with E-state index < -0.39 is 12.1 Å². The number of carbonyl (C=O) groups excluding carboxylic acids is 3. The summed E-state index contributed by atoms with van der Waals surface area (Å²) >= 11 is 0. The molecule has 0 spiro atoms. The normalized spacial score (nSPS) is 19.1. The maximum absolute atomic E-state index is 13.3. The second-order valence-corrected chi connectivity index (χ2v) is 9.59. The molecular formula is C26H29N7O4. The number of hydrogen-bond acceptors (Lipinski definition) is 8. The van der Waals surface area contributed by atoms with Crippen LogP contribution in [0.5, 0.6) is 0 Å². The molecule has 3 amide bonds. The summed E-state index contributed by atoms with van der Waals surface area (Å²) in [5.74, 6) is 0.656. The smallest absolute Gasteiger partial charge is 0.328 e. The summed E-state index contributed by atoms with van der Waals surface area (Å²) in [5.41, 5.74) is 2.77. The highest BCUT2D eigenvalue weighted by Crippen LogP contribution is 2.30. The summed E-state index contributed by atoms with van der Waals surface area (Å²) in [5, 5.41) is 15.6. The molecule has 1 aliphatic carbocycles. The van der Waals surface area contributed by atoms with Gasteiger partial charge in [0.2, 0.25) is 0 Å². The number of aldehydes is 1. The molecule has 4 heterocycles. The number of fused-ring (bicyclic) bond motifs is 1. The number of aryl methyl sites for hydroxylation is 1. The Bertz CT molecular complexity index is 1270. The molecule has 0 bridgehead atoms. The molecule has 2 aromatic rings. The van der Waals surface area contributed by atoms with Gasteiger partial charge in [-0.25, -0.2) is 14.8 Å². The largest absolute Gasteiger partial charge is 0.381 e. The number of methoxy groups -OCH3 is 1. The van der Waals surface area contributed by atoms with Gasteiger partial charge < -0.3 is 15.0 Å². The Morgan fingerprint density at radius 3 is 2.78 bits per heavy atom. The number of pyridine rings is 2. The molecule has 11 nitrogen and oxygen atoms in total. The van der Waals surface area contributed by atoms with Gasteiger partial charge in [0.05, 0.1) is 11.3 Å². The van der Waals surface area contributed by atoms with Gasteiger partial charge in [-0.05, 0) is 43.7 Å². The average molecular weight is 504 g/mol. The second kappa shape index (κ2) is 10.5. The van der Waals surface area contributed by atoms with Crippen LogP contribution in [0.4, 0.5) is 22.1 Å². The van der Waals surface area contributed by atoms with E-state index in [-0.39, 0.29) is 18.1 Å². The molecule has 1 saturated heterocycles. The maximum atomic E-state index is 13.3. The first-order valence-electron chi connectivity index (χ1n) is 12.6. The first kappa shape index (κ1) is 24.6. The molecule has 1 unspecified atom stereocenters. The van der Waals surface area contributed by atoms with E-state index in [1.165, 1.54) is 18.2 Å². The van der Waals surface area contributed by atoms with Crippen molar-refractivity contribution in [2.75, 3.05) is 35.7 Å². The van der Waals surface area contributed by atoms with Gasteiger partial charge in [-0.3, -0.25) is 19.8 Å². The molecule has 0 aromatic carbocycles. The zero-order valence-electron chi connectivity index (χ0n) is 20.7. The summed E-state index contributed by atoms with van der Waals surface area (Å²) in [6.07, 6.45) is 6.95. The van der Waals surface area contributed by atoms with Crippen molar-refractivity contribution in [2.24, 2.45) is 0 Å². The van der Waals surface area contributed by atoms with E-state index in [4.69, 9.17) is 4.74 Å². The number of aromatic nitrogens is 2. The first-order chi connectivity index (χ1) is 18.0. The van der Waals surface area contributed by atoms with Gasteiger partial charge in [-0.2, -0.15) is 5.26 Å². The number of anilines is 3. The third kappa shape index (κ3) is 4.97. The Balaban J connectivity index is 1.35. The molecule has 2 aliphatic heterocycles. The summed E-state index contributed by atoms with van der Waals surface area (Å²) in [7, 11) is 1.52. The lowest BCUT2D eigenvalue weighted by Crippen LogP contribution is -2.40. The quantitative estimate of drug-likeness (QED) is 0.550. The molecule has 5 rings (SSSR count). The highest BCUT2D eigenvalue weighted by molar-refractivity contribution is 6.02. The number of ether oxygens (including phenoxy) is 1. The monoisotopic (exact) mass is 503 g/mol. The molecule has 192 valence electrons. The standard InChI is InChI=1S/C26H29N7O4/c1-37-22-7-9-32(25(22)35)14-17-10-16-4-3-8-33(24(16)30-21(17)15-34)26(36)31-23-11-20(18(12-27)13-28-23)29-19-5-2-6-19/h10-11,13,15,19,22H,2-9,14H2,1H3,(H2,28,29,31,36). The predicted octanol–water partition coefficient (Wildman–Crippen LogP) is 2.86. The number of nitrogens with one attached hydrogen (secondary N) is 2. The van der Waals surface area contributed by atoms with Gasteiger partial charge >= 0.3 is 6.03 Å². The van der Waals surface area contributed by atoms with Gasteiger partial charge in [0.25, 0.3) is 5.91 Å². The van der Waals surface area contributed by atoms with Crippen molar-refractivity contribution >= 4 is 35.5 Å². The number of likely N-dealkylation sites (tertiary alicyclic amines) is 1. The Morgan fingerprint density at radius 2 is 2.11 bits per heavy atom. The van der Waals surface area contributed by atoms with Crippen LogP contribution in [0.2, 0.25) is 0 Å². The Hall–Kier alpha value is -4.04. The number of carbonyl (C=O) groups is 3. The summed E-state index contributed by atoms with van der Waals surface area (Å²) in [6, 6.07) is 5.59. The fraction of sp³-hybridized carbons (Fsp3) is 0.462. The van der Waals surface area contributed by atoms with Crippen LogP contribution >= 0.6 is 0 Å². The second-order valence-electron chi connectivity index (χ2n) is 9.59. The van der Waals surface area contributed by atoms with Gasteiger partial charge in [-0.15, -0.1) is 0 Å². The minimum atomic E-state index is -0.454. The third-order valence-corrected chi connectivity index (χ3v) is 7.25. The molecule has 0 radical (unpaired) electrons. The molecule has 2 fully saturated rings. The Labute approximate surface area is 214 Å². The van der Waals surface area contributed by atoms with Crippen LogP contribution in [0.1, 0.15) is 59.3 Å². The number of amides is 3. The van der Waals surface area contributed by atoms with E-state index in [1.807, 2.05) is 6.07 Å². The molecule has 3 aliphatic rings. The number of nitrogens with zero attached hydrogens (tertiary/aromatic N) is 5. The van der Waals surface area contributed by atoms with Crippen LogP contribution in [0.15, 0.2) is 18.3 Å². The van der Waals surface area contributed by atoms with Crippen LogP contribution in [0.25, 0.3) is 0 Å². The lowest BCUT2D eigenvalue weighted by Gasteiger charge is -2.30. The molecule has 11 heteroatoms. The minimum absolute atomic E-state index is 0.0980. The average Bonchev–Trinajstić information content (AvgIpc) is 3.24. The molecule has 37 heavy (non-hydrogen) atoms. The van der Waals surface area contributed by atoms with Crippen molar-refractivity contribution in [3.63, 3.8) is 0 Å². The zero-order valence-corrected chi connectivity index (χ0v) is 20.7. The van der Waals surface area contributed by atoms with Gasteiger partial charge in [0.15, 0.2) is 6.29 Å². The lowest BCUT2D eigenvalue weighted by atomic mass is 9.93. The number of urea groups is 1. The highest BCUT2D eigenvalue weighted by atomic mass is 16.5. The van der Waals surface area contributed by atoms with Crippen molar-refractivity contribution in [2.45, 2.75) is 57.2 Å². The minimum Gasteiger partial charge on any atom is -0.381 e. The Kier molecular flexibility index (Phi) is 7.01. The van der Waals surface area contributed by atoms with E-state index in [0.717, 1.165) is 31.2 Å². The zero-order chi connectivity index (χ0) is 25.9. The van der Waals surface area contributed by atoms with Gasteiger partial charge in [0.1, 0.15) is 29.5 Å². The van der Waals surface area contributed by atoms with E-state index in [1.54, 1.807) is 11.0 Å². The van der Waals surface area contributed by atoms with Crippen molar-refractivity contribution in [3.8, 4) is 6.07 Å². The van der Waals surface area contributed by atoms with Crippen molar-refractivity contribution in [1.29, 1.82) is 5.26 Å². The van der Waals surface area contributed by atoms with Crippen molar-refractivity contribution < 1.29 is 19.1 Å². The fourth-order valence-electron chi connectivity index (χ4n) is 4.96. The molecule has 2 N–H and O–H groups in total. The molecular weight excluding hydrogens is 474 g/mol. The summed E-state index contributed by atoms with van der Waals surface area (Å²) < 4.78 is 5.22. The lowest BCUT2D eigenvalue weighted by molar-refractivity contribution is -0.136. The SMILES string of the molecule is COC1CCN(Cc2cc3c(nc2C=O)N(C(=O)Nc2cc(NC4CCC4)c(C#N)cn2)CCC3)C1=O. The van der Waals surface area contributed by atoms with Crippen LogP contribution < -0.4 is 15.5 Å². The maximum Gasteiger partial charge on any atom is 0.328 e. The van der Waals surface area contributed by atoms with E-state index in [2.05, 4.69) is 26.7 Å².